The smallest absolute Gasteiger partial charge is 0.247 e. The first-order chi connectivity index (χ1) is 15.3. The predicted octanol–water partition coefficient (Wildman–Crippen LogP) is 3.53. The Labute approximate surface area is 189 Å². The summed E-state index contributed by atoms with van der Waals surface area (Å²) < 4.78 is 34.4. The van der Waals surface area contributed by atoms with Gasteiger partial charge in [0, 0.05) is 30.8 Å². The molecule has 0 amide bonds. The Kier molecular flexibility index (Phi) is 7.48. The molecule has 0 unspecified atom stereocenters. The van der Waals surface area contributed by atoms with Crippen molar-refractivity contribution in [3.05, 3.63) is 75.8 Å². The highest BCUT2D eigenvalue weighted by Gasteiger charge is 2.41. The molecule has 1 aliphatic carbocycles. The average molecular weight is 457 g/mol. The summed E-state index contributed by atoms with van der Waals surface area (Å²) in [5.74, 6) is -0.442. The van der Waals surface area contributed by atoms with Crippen LogP contribution < -0.4 is 9.46 Å². The van der Waals surface area contributed by atoms with Gasteiger partial charge in [0.15, 0.2) is 4.91 Å². The molecule has 32 heavy (non-hydrogen) atoms. The molecule has 7 nitrogen and oxygen atoms in total. The molecule has 0 radical (unpaired) electrons. The molecule has 0 spiro atoms. The van der Waals surface area contributed by atoms with Crippen molar-refractivity contribution in [3.8, 4) is 5.75 Å². The van der Waals surface area contributed by atoms with Gasteiger partial charge in [-0.25, -0.2) is 13.1 Å². The normalized spacial score (nSPS) is 13.8. The number of hydrogen-bond acceptors (Lipinski definition) is 6. The zero-order chi connectivity index (χ0) is 23.3. The van der Waals surface area contributed by atoms with E-state index in [1.54, 1.807) is 54.5 Å². The van der Waals surface area contributed by atoms with Crippen molar-refractivity contribution in [2.45, 2.75) is 33.2 Å². The lowest BCUT2D eigenvalue weighted by atomic mass is 9.91. The van der Waals surface area contributed by atoms with Gasteiger partial charge in [0.05, 0.1) is 7.11 Å². The number of allylic oxidation sites excluding steroid dienone is 2. The number of carbonyl (C=O) groups is 2. The number of ether oxygens (including phenoxy) is 1. The number of ketones is 2. The second-order valence-corrected chi connectivity index (χ2v) is 9.25. The maximum absolute atomic E-state index is 13.4. The monoisotopic (exact) mass is 456 g/mol. The molecule has 2 aromatic carbocycles. The molecule has 0 heterocycles. The number of rotatable bonds is 10. The topological polar surface area (TPSA) is 92.8 Å². The number of fused-ring (bicyclic) bond motifs is 1. The molecule has 0 saturated heterocycles. The average Bonchev–Trinajstić information content (AvgIpc) is 2.80. The van der Waals surface area contributed by atoms with Crippen LogP contribution in [0.2, 0.25) is 0 Å². The first-order valence-corrected chi connectivity index (χ1v) is 12.1. The molecular formula is C24H28N2O5S. The Morgan fingerprint density at radius 2 is 1.44 bits per heavy atom. The molecular weight excluding hydrogens is 428 g/mol. The molecule has 8 heteroatoms. The first-order valence-electron chi connectivity index (χ1n) is 10.6. The molecule has 0 aliphatic heterocycles. The van der Waals surface area contributed by atoms with Crippen molar-refractivity contribution in [2.75, 3.05) is 20.2 Å². The van der Waals surface area contributed by atoms with E-state index >= 15 is 0 Å². The third-order valence-electron chi connectivity index (χ3n) is 5.25. The summed E-state index contributed by atoms with van der Waals surface area (Å²) >= 11 is 0. The van der Waals surface area contributed by atoms with Crippen molar-refractivity contribution in [3.63, 3.8) is 0 Å². The van der Waals surface area contributed by atoms with Gasteiger partial charge in [-0.15, -0.1) is 0 Å². The van der Waals surface area contributed by atoms with Crippen LogP contribution in [0.5, 0.6) is 5.75 Å². The standard InChI is InChI=1S/C24H28N2O5S/c1-4-14-26(15-5-2)21-22(27)19-8-6-7-9-20(19)23(28)24(21)32(29,30)25-16-17-10-12-18(31-3)13-11-17/h6-13,25H,4-5,14-16H2,1-3H3. The molecule has 170 valence electrons. The number of benzene rings is 2. The Hall–Kier alpha value is -2.97. The van der Waals surface area contributed by atoms with E-state index in [-0.39, 0.29) is 23.4 Å². The second-order valence-electron chi connectivity index (χ2n) is 7.54. The van der Waals surface area contributed by atoms with Crippen LogP contribution in [0, 0.1) is 0 Å². The molecule has 3 rings (SSSR count). The summed E-state index contributed by atoms with van der Waals surface area (Å²) in [5, 5.41) is 0. The summed E-state index contributed by atoms with van der Waals surface area (Å²) in [4.78, 5) is 28.0. The minimum absolute atomic E-state index is 0.0201. The quantitative estimate of drug-likeness (QED) is 0.588. The van der Waals surface area contributed by atoms with Gasteiger partial charge < -0.3 is 9.64 Å². The van der Waals surface area contributed by atoms with Crippen LogP contribution in [0.3, 0.4) is 0 Å². The number of hydrogen-bond donors (Lipinski definition) is 1. The van der Waals surface area contributed by atoms with Gasteiger partial charge in [-0.05, 0) is 30.5 Å². The van der Waals surface area contributed by atoms with Gasteiger partial charge in [-0.1, -0.05) is 50.2 Å². The van der Waals surface area contributed by atoms with Crippen LogP contribution in [0.4, 0.5) is 0 Å². The van der Waals surface area contributed by atoms with Crippen LogP contribution in [-0.2, 0) is 16.6 Å². The molecule has 1 N–H and O–H groups in total. The number of nitrogens with one attached hydrogen (secondary N) is 1. The van der Waals surface area contributed by atoms with E-state index in [0.29, 0.717) is 37.2 Å². The zero-order valence-electron chi connectivity index (χ0n) is 18.6. The van der Waals surface area contributed by atoms with Crippen molar-refractivity contribution in [2.24, 2.45) is 0 Å². The zero-order valence-corrected chi connectivity index (χ0v) is 19.4. The van der Waals surface area contributed by atoms with E-state index in [9.17, 15) is 18.0 Å². The fraction of sp³-hybridized carbons (Fsp3) is 0.333. The van der Waals surface area contributed by atoms with Crippen LogP contribution in [0.15, 0.2) is 59.1 Å². The molecule has 1 aliphatic rings. The molecule has 2 aromatic rings. The van der Waals surface area contributed by atoms with E-state index in [1.165, 1.54) is 6.07 Å². The highest BCUT2D eigenvalue weighted by atomic mass is 32.2. The third-order valence-corrected chi connectivity index (χ3v) is 6.69. The lowest BCUT2D eigenvalue weighted by Crippen LogP contribution is -2.40. The number of Topliss-reactive ketones (excluding diaryl/α,β-unsaturated/α-hetero) is 2. The van der Waals surface area contributed by atoms with Gasteiger partial charge in [-0.2, -0.15) is 0 Å². The maximum atomic E-state index is 13.4. The van der Waals surface area contributed by atoms with Gasteiger partial charge in [0.1, 0.15) is 11.4 Å². The highest BCUT2D eigenvalue weighted by Crippen LogP contribution is 2.31. The van der Waals surface area contributed by atoms with Gasteiger partial charge >= 0.3 is 0 Å². The Morgan fingerprint density at radius 1 is 0.875 bits per heavy atom. The summed E-state index contributed by atoms with van der Waals surface area (Å²) in [6, 6.07) is 13.3. The van der Waals surface area contributed by atoms with E-state index in [0.717, 1.165) is 0 Å². The largest absolute Gasteiger partial charge is 0.497 e. The summed E-state index contributed by atoms with van der Waals surface area (Å²) in [5.41, 5.74) is 1.00. The van der Waals surface area contributed by atoms with E-state index in [1.807, 2.05) is 13.8 Å². The lowest BCUT2D eigenvalue weighted by molar-refractivity contribution is 0.0946. The number of sulfonamides is 1. The van der Waals surface area contributed by atoms with Crippen molar-refractivity contribution in [1.82, 2.24) is 9.62 Å². The summed E-state index contributed by atoms with van der Waals surface area (Å²) in [6.45, 7) is 4.82. The summed E-state index contributed by atoms with van der Waals surface area (Å²) in [6.07, 6.45) is 1.42. The fourth-order valence-corrected chi connectivity index (χ4v) is 5.08. The maximum Gasteiger partial charge on any atom is 0.247 e. The van der Waals surface area contributed by atoms with Gasteiger partial charge in [0.25, 0.3) is 0 Å². The van der Waals surface area contributed by atoms with Crippen LogP contribution in [-0.4, -0.2) is 45.1 Å². The molecule has 0 atom stereocenters. The Morgan fingerprint density at radius 3 is 1.97 bits per heavy atom. The van der Waals surface area contributed by atoms with Crippen molar-refractivity contribution >= 4 is 21.6 Å². The SMILES string of the molecule is CCCN(CCC)C1=C(S(=O)(=O)NCc2ccc(OC)cc2)C(=O)c2ccccc2C1=O. The van der Waals surface area contributed by atoms with Gasteiger partial charge in [-0.3, -0.25) is 9.59 Å². The van der Waals surface area contributed by atoms with E-state index in [2.05, 4.69) is 4.72 Å². The van der Waals surface area contributed by atoms with Crippen molar-refractivity contribution < 1.29 is 22.7 Å². The number of nitrogens with zero attached hydrogens (tertiary/aromatic N) is 1. The minimum Gasteiger partial charge on any atom is -0.497 e. The van der Waals surface area contributed by atoms with Crippen LogP contribution in [0.25, 0.3) is 0 Å². The predicted molar refractivity (Wildman–Crippen MR) is 123 cm³/mol. The Balaban J connectivity index is 2.06. The Bertz CT molecular complexity index is 1130. The number of methoxy groups -OCH3 is 1. The highest BCUT2D eigenvalue weighted by molar-refractivity contribution is 7.94. The van der Waals surface area contributed by atoms with Gasteiger partial charge in [0.2, 0.25) is 21.6 Å². The minimum atomic E-state index is -4.27. The summed E-state index contributed by atoms with van der Waals surface area (Å²) in [7, 11) is -2.72. The van der Waals surface area contributed by atoms with E-state index < -0.39 is 26.5 Å². The molecule has 0 fully saturated rings. The first kappa shape index (κ1) is 23.7. The molecule has 0 bridgehead atoms. The fourth-order valence-electron chi connectivity index (χ4n) is 3.75. The van der Waals surface area contributed by atoms with Crippen LogP contribution >= 0.6 is 0 Å². The second kappa shape index (κ2) is 10.1. The molecule has 0 aromatic heterocycles. The third kappa shape index (κ3) is 4.76. The lowest BCUT2D eigenvalue weighted by Gasteiger charge is -2.30. The van der Waals surface area contributed by atoms with Crippen molar-refractivity contribution in [1.29, 1.82) is 0 Å². The molecule has 0 saturated carbocycles. The number of carbonyl (C=O) groups excluding carboxylic acids is 2. The van der Waals surface area contributed by atoms with E-state index in [4.69, 9.17) is 4.74 Å². The van der Waals surface area contributed by atoms with Crippen LogP contribution in [0.1, 0.15) is 53.0 Å².